The number of para-hydroxylation sites is 1. The fourth-order valence-corrected chi connectivity index (χ4v) is 5.37. The molecule has 0 atom stereocenters. The molecule has 3 aromatic carbocycles. The van der Waals surface area contributed by atoms with Crippen LogP contribution >= 0.6 is 0 Å². The van der Waals surface area contributed by atoms with Crippen LogP contribution in [0.25, 0.3) is 11.1 Å². The van der Waals surface area contributed by atoms with Crippen LogP contribution in [0.5, 0.6) is 0 Å². The Morgan fingerprint density at radius 1 is 0.607 bits per heavy atom. The Balaban J connectivity index is 1.56. The maximum atomic E-state index is 4.78. The molecule has 28 heavy (non-hydrogen) atoms. The van der Waals surface area contributed by atoms with E-state index in [2.05, 4.69) is 71.6 Å². The molecule has 2 nitrogen and oxygen atoms in total. The third-order valence-electron chi connectivity index (χ3n) is 6.54. The van der Waals surface area contributed by atoms with E-state index < -0.39 is 0 Å². The summed E-state index contributed by atoms with van der Waals surface area (Å²) < 4.78 is 0. The van der Waals surface area contributed by atoms with E-state index in [9.17, 15) is 0 Å². The summed E-state index contributed by atoms with van der Waals surface area (Å²) in [6.07, 6.45) is 4.90. The van der Waals surface area contributed by atoms with Gasteiger partial charge in [-0.25, -0.2) is 0 Å². The third kappa shape index (κ3) is 1.75. The Morgan fingerprint density at radius 3 is 2.39 bits per heavy atom. The maximum absolute atomic E-state index is 4.78. The number of rotatable bonds is 0. The number of aromatic nitrogens is 1. The molecule has 0 amide bonds. The first kappa shape index (κ1) is 14.6. The van der Waals surface area contributed by atoms with Gasteiger partial charge < -0.3 is 4.90 Å². The molecule has 1 aliphatic carbocycles. The summed E-state index contributed by atoms with van der Waals surface area (Å²) in [5.74, 6) is 0. The monoisotopic (exact) mass is 358 g/mol. The van der Waals surface area contributed by atoms with E-state index in [1.54, 1.807) is 0 Å². The molecule has 0 saturated carbocycles. The minimum absolute atomic E-state index is 0.917. The van der Waals surface area contributed by atoms with Crippen LogP contribution in [0.15, 0.2) is 72.9 Å². The van der Waals surface area contributed by atoms with Gasteiger partial charge in [0.1, 0.15) is 0 Å². The van der Waals surface area contributed by atoms with Crippen molar-refractivity contribution in [1.29, 1.82) is 0 Å². The molecule has 3 heterocycles. The van der Waals surface area contributed by atoms with Crippen molar-refractivity contribution in [2.75, 3.05) is 4.90 Å². The molecule has 1 aromatic heterocycles. The first-order chi connectivity index (χ1) is 13.9. The second-order valence-corrected chi connectivity index (χ2v) is 8.02. The van der Waals surface area contributed by atoms with Gasteiger partial charge in [0.05, 0.1) is 17.1 Å². The second-order valence-electron chi connectivity index (χ2n) is 8.02. The van der Waals surface area contributed by atoms with Crippen molar-refractivity contribution in [2.45, 2.75) is 19.3 Å². The minimum atomic E-state index is 0.917. The largest absolute Gasteiger partial charge is 0.307 e. The Labute approximate surface area is 164 Å². The van der Waals surface area contributed by atoms with Gasteiger partial charge in [0.15, 0.2) is 0 Å². The zero-order chi connectivity index (χ0) is 18.2. The first-order valence-electron chi connectivity index (χ1n) is 9.96. The minimum Gasteiger partial charge on any atom is -0.307 e. The van der Waals surface area contributed by atoms with E-state index in [0.717, 1.165) is 19.3 Å². The highest BCUT2D eigenvalue weighted by molar-refractivity contribution is 5.94. The number of hydrogen-bond acceptors (Lipinski definition) is 2. The molecular weight excluding hydrogens is 340 g/mol. The van der Waals surface area contributed by atoms with Crippen molar-refractivity contribution in [1.82, 2.24) is 4.98 Å². The van der Waals surface area contributed by atoms with Crippen LogP contribution in [-0.2, 0) is 19.3 Å². The maximum Gasteiger partial charge on any atom is 0.0716 e. The number of benzene rings is 3. The highest BCUT2D eigenvalue weighted by atomic mass is 15.2. The average molecular weight is 358 g/mol. The van der Waals surface area contributed by atoms with E-state index >= 15 is 0 Å². The lowest BCUT2D eigenvalue weighted by Crippen LogP contribution is -2.26. The van der Waals surface area contributed by atoms with Crippen LogP contribution < -0.4 is 4.90 Å². The Hall–Kier alpha value is -3.39. The van der Waals surface area contributed by atoms with Gasteiger partial charge in [0, 0.05) is 31.1 Å². The molecule has 0 radical (unpaired) electrons. The molecule has 2 aliphatic heterocycles. The van der Waals surface area contributed by atoms with Crippen LogP contribution in [0.3, 0.4) is 0 Å². The summed E-state index contributed by atoms with van der Waals surface area (Å²) in [5.41, 5.74) is 15.1. The van der Waals surface area contributed by atoms with Gasteiger partial charge >= 0.3 is 0 Å². The van der Waals surface area contributed by atoms with E-state index in [1.807, 2.05) is 6.20 Å². The van der Waals surface area contributed by atoms with E-state index in [4.69, 9.17) is 4.98 Å². The quantitative estimate of drug-likeness (QED) is 0.334. The lowest BCUT2D eigenvalue weighted by molar-refractivity contribution is 0.953. The predicted octanol–water partition coefficient (Wildman–Crippen LogP) is 5.93. The van der Waals surface area contributed by atoms with Gasteiger partial charge in [0.25, 0.3) is 0 Å². The molecule has 7 rings (SSSR count). The highest BCUT2D eigenvalue weighted by Gasteiger charge is 2.35. The summed E-state index contributed by atoms with van der Waals surface area (Å²) >= 11 is 0. The first-order valence-corrected chi connectivity index (χ1v) is 9.96. The highest BCUT2D eigenvalue weighted by Crippen LogP contribution is 2.54. The van der Waals surface area contributed by atoms with Gasteiger partial charge in [-0.05, 0) is 51.1 Å². The number of fused-ring (bicyclic) bond motifs is 8. The van der Waals surface area contributed by atoms with Crippen molar-refractivity contribution < 1.29 is 0 Å². The molecule has 0 fully saturated rings. The van der Waals surface area contributed by atoms with Gasteiger partial charge in [-0.3, -0.25) is 4.98 Å². The van der Waals surface area contributed by atoms with Crippen molar-refractivity contribution in [3.05, 3.63) is 106 Å². The standard InChI is InChI=1S/C26H18N2/c1-3-7-20-16(5-1)14-22-21(20)10-9-18-15-23-26-19(11-12-27-23)13-17-6-2-4-8-24(17)28(26)25(18)22/h1-12H,13-15H2. The fourth-order valence-electron chi connectivity index (χ4n) is 5.37. The molecule has 2 heteroatoms. The van der Waals surface area contributed by atoms with Gasteiger partial charge in [-0.2, -0.15) is 0 Å². The van der Waals surface area contributed by atoms with Crippen molar-refractivity contribution >= 4 is 17.1 Å². The van der Waals surface area contributed by atoms with Crippen molar-refractivity contribution in [3.8, 4) is 11.1 Å². The lowest BCUT2D eigenvalue weighted by Gasteiger charge is -2.40. The van der Waals surface area contributed by atoms with Crippen molar-refractivity contribution in [3.63, 3.8) is 0 Å². The van der Waals surface area contributed by atoms with Crippen molar-refractivity contribution in [2.24, 2.45) is 0 Å². The zero-order valence-electron chi connectivity index (χ0n) is 15.4. The van der Waals surface area contributed by atoms with Crippen LogP contribution in [0.4, 0.5) is 17.1 Å². The van der Waals surface area contributed by atoms with Crippen LogP contribution in [-0.4, -0.2) is 4.98 Å². The van der Waals surface area contributed by atoms with Crippen LogP contribution in [0.1, 0.15) is 33.5 Å². The lowest BCUT2D eigenvalue weighted by atomic mass is 9.87. The second kappa shape index (κ2) is 5.11. The Bertz CT molecular complexity index is 1290. The number of anilines is 3. The number of hydrogen-bond donors (Lipinski definition) is 0. The zero-order valence-corrected chi connectivity index (χ0v) is 15.4. The molecule has 0 spiro atoms. The number of nitrogens with zero attached hydrogens (tertiary/aromatic N) is 2. The molecule has 0 N–H and O–H groups in total. The average Bonchev–Trinajstić information content (AvgIpc) is 3.12. The SMILES string of the molecule is c1ccc2c(c1)Cc1c-2ccc2c1N1c3ccccc3Cc3ccnc(c31)C2. The smallest absolute Gasteiger partial charge is 0.0716 e. The number of pyridine rings is 1. The summed E-state index contributed by atoms with van der Waals surface area (Å²) in [5, 5.41) is 0. The normalized spacial score (nSPS) is 14.6. The van der Waals surface area contributed by atoms with Gasteiger partial charge in [0.2, 0.25) is 0 Å². The summed E-state index contributed by atoms with van der Waals surface area (Å²) in [4.78, 5) is 7.29. The fraction of sp³-hybridized carbons (Fsp3) is 0.115. The molecule has 0 bridgehead atoms. The topological polar surface area (TPSA) is 16.1 Å². The summed E-state index contributed by atoms with van der Waals surface area (Å²) in [6.45, 7) is 0. The molecule has 3 aliphatic rings. The van der Waals surface area contributed by atoms with E-state index in [-0.39, 0.29) is 0 Å². The summed E-state index contributed by atoms with van der Waals surface area (Å²) in [7, 11) is 0. The predicted molar refractivity (Wildman–Crippen MR) is 113 cm³/mol. The Kier molecular flexibility index (Phi) is 2.67. The van der Waals surface area contributed by atoms with Crippen LogP contribution in [0.2, 0.25) is 0 Å². The van der Waals surface area contributed by atoms with Gasteiger partial charge in [-0.1, -0.05) is 54.6 Å². The van der Waals surface area contributed by atoms with E-state index in [0.29, 0.717) is 0 Å². The molecule has 0 saturated heterocycles. The Morgan fingerprint density at radius 2 is 1.43 bits per heavy atom. The molecule has 0 unspecified atom stereocenters. The molecular formula is C26H18N2. The third-order valence-corrected chi connectivity index (χ3v) is 6.54. The van der Waals surface area contributed by atoms with E-state index in [1.165, 1.54) is 61.7 Å². The molecule has 132 valence electrons. The summed E-state index contributed by atoms with van der Waals surface area (Å²) in [6, 6.07) is 24.5. The van der Waals surface area contributed by atoms with Crippen LogP contribution in [0, 0.1) is 0 Å². The van der Waals surface area contributed by atoms with Gasteiger partial charge in [-0.15, -0.1) is 0 Å². The molecule has 4 aromatic rings.